The lowest BCUT2D eigenvalue weighted by molar-refractivity contribution is -0.131. The maximum atomic E-state index is 12.6. The van der Waals surface area contributed by atoms with Crippen molar-refractivity contribution in [2.24, 2.45) is 0 Å². The largest absolute Gasteiger partial charge is 0.444 e. The van der Waals surface area contributed by atoms with Crippen LogP contribution in [0.15, 0.2) is 24.3 Å². The molecule has 1 aromatic heterocycles. The fourth-order valence-corrected chi connectivity index (χ4v) is 3.35. The van der Waals surface area contributed by atoms with Gasteiger partial charge in [-0.15, -0.1) is 11.3 Å². The number of amides is 2. The molecule has 0 spiro atoms. The number of hydrogen-bond donors (Lipinski definition) is 0. The van der Waals surface area contributed by atoms with Crippen LogP contribution in [0.3, 0.4) is 0 Å². The van der Waals surface area contributed by atoms with Crippen molar-refractivity contribution in [3.8, 4) is 0 Å². The van der Waals surface area contributed by atoms with Gasteiger partial charge in [0.2, 0.25) is 5.91 Å². The Morgan fingerprint density at radius 1 is 1.22 bits per heavy atom. The van der Waals surface area contributed by atoms with Crippen molar-refractivity contribution in [1.82, 2.24) is 14.8 Å². The number of hydrogen-bond acceptors (Lipinski definition) is 6. The van der Waals surface area contributed by atoms with E-state index in [9.17, 15) is 9.59 Å². The number of methoxy groups -OCH3 is 1. The molecule has 0 atom stereocenters. The van der Waals surface area contributed by atoms with Gasteiger partial charge >= 0.3 is 6.09 Å². The molecule has 27 heavy (non-hydrogen) atoms. The van der Waals surface area contributed by atoms with E-state index in [-0.39, 0.29) is 19.0 Å². The van der Waals surface area contributed by atoms with Crippen molar-refractivity contribution in [3.63, 3.8) is 0 Å². The zero-order valence-electron chi connectivity index (χ0n) is 16.5. The summed E-state index contributed by atoms with van der Waals surface area (Å²) in [5, 5.41) is 0.854. The molecule has 0 aliphatic carbocycles. The third-order valence-corrected chi connectivity index (χ3v) is 4.70. The fraction of sp³-hybridized carbons (Fsp3) is 0.526. The molecule has 2 amide bonds. The highest BCUT2D eigenvalue weighted by molar-refractivity contribution is 7.18. The van der Waals surface area contributed by atoms with Crippen LogP contribution in [0.2, 0.25) is 0 Å². The van der Waals surface area contributed by atoms with E-state index in [1.54, 1.807) is 51.2 Å². The lowest BCUT2D eigenvalue weighted by Gasteiger charge is -2.28. The summed E-state index contributed by atoms with van der Waals surface area (Å²) in [5.41, 5.74) is 0.298. The number of ether oxygens (including phenoxy) is 2. The third kappa shape index (κ3) is 6.48. The smallest absolute Gasteiger partial charge is 0.410 e. The second kappa shape index (κ2) is 9.14. The summed E-state index contributed by atoms with van der Waals surface area (Å²) < 4.78 is 11.5. The molecule has 0 unspecified atom stereocenters. The van der Waals surface area contributed by atoms with Gasteiger partial charge in [0.05, 0.1) is 23.4 Å². The summed E-state index contributed by atoms with van der Waals surface area (Å²) in [6.45, 7) is 6.31. The number of fused-ring (bicyclic) bond motifs is 1. The predicted octanol–water partition coefficient (Wildman–Crippen LogP) is 3.14. The predicted molar refractivity (Wildman–Crippen MR) is 106 cm³/mol. The fourth-order valence-electron chi connectivity index (χ4n) is 2.33. The normalized spacial score (nSPS) is 11.4. The van der Waals surface area contributed by atoms with Crippen LogP contribution in [0.5, 0.6) is 0 Å². The summed E-state index contributed by atoms with van der Waals surface area (Å²) in [6, 6.07) is 7.86. The highest BCUT2D eigenvalue weighted by Gasteiger charge is 2.25. The van der Waals surface area contributed by atoms with E-state index in [4.69, 9.17) is 9.47 Å². The van der Waals surface area contributed by atoms with Crippen molar-refractivity contribution in [2.75, 3.05) is 33.9 Å². The Morgan fingerprint density at radius 2 is 1.93 bits per heavy atom. The number of nitrogens with zero attached hydrogens (tertiary/aromatic N) is 3. The Bertz CT molecular complexity index is 752. The molecular weight excluding hydrogens is 366 g/mol. The molecular formula is C19H27N3O4S. The number of carbonyl (C=O) groups excluding carboxylic acids is 2. The minimum Gasteiger partial charge on any atom is -0.444 e. The summed E-state index contributed by atoms with van der Waals surface area (Å²) in [7, 11) is 3.26. The second-order valence-corrected chi connectivity index (χ2v) is 8.34. The first-order valence-electron chi connectivity index (χ1n) is 8.75. The summed E-state index contributed by atoms with van der Waals surface area (Å²) in [4.78, 5) is 32.5. The number of aromatic nitrogens is 1. The van der Waals surface area contributed by atoms with E-state index in [1.807, 2.05) is 24.3 Å². The van der Waals surface area contributed by atoms with Crippen LogP contribution >= 0.6 is 11.3 Å². The minimum atomic E-state index is -0.627. The van der Waals surface area contributed by atoms with E-state index in [0.717, 1.165) is 15.2 Å². The Morgan fingerprint density at radius 3 is 2.56 bits per heavy atom. The number of para-hydroxylation sites is 1. The van der Waals surface area contributed by atoms with E-state index < -0.39 is 11.7 Å². The van der Waals surface area contributed by atoms with Crippen molar-refractivity contribution >= 4 is 33.6 Å². The molecule has 1 aromatic carbocycles. The average molecular weight is 394 g/mol. The minimum absolute atomic E-state index is 0.0698. The highest BCUT2D eigenvalue weighted by Crippen LogP contribution is 2.22. The van der Waals surface area contributed by atoms with Crippen molar-refractivity contribution in [2.45, 2.75) is 32.9 Å². The molecule has 8 heteroatoms. The molecule has 0 N–H and O–H groups in total. The number of rotatable bonds is 7. The molecule has 0 saturated carbocycles. The lowest BCUT2D eigenvalue weighted by atomic mass is 10.2. The maximum absolute atomic E-state index is 12.6. The van der Waals surface area contributed by atoms with Crippen LogP contribution in [0, 0.1) is 0 Å². The maximum Gasteiger partial charge on any atom is 0.410 e. The lowest BCUT2D eigenvalue weighted by Crippen LogP contribution is -2.44. The van der Waals surface area contributed by atoms with Crippen molar-refractivity contribution < 1.29 is 19.1 Å². The van der Waals surface area contributed by atoms with Gasteiger partial charge in [0.1, 0.15) is 17.2 Å². The Balaban J connectivity index is 2.00. The molecule has 0 aliphatic heterocycles. The molecule has 1 heterocycles. The van der Waals surface area contributed by atoms with E-state index >= 15 is 0 Å². The molecule has 2 aromatic rings. The van der Waals surface area contributed by atoms with Gasteiger partial charge in [-0.1, -0.05) is 12.1 Å². The molecule has 148 valence electrons. The summed E-state index contributed by atoms with van der Waals surface area (Å²) in [5.74, 6) is -0.184. The van der Waals surface area contributed by atoms with Gasteiger partial charge in [0.25, 0.3) is 0 Å². The Kier molecular flexibility index (Phi) is 7.15. The van der Waals surface area contributed by atoms with Crippen LogP contribution in [0.4, 0.5) is 4.79 Å². The van der Waals surface area contributed by atoms with Gasteiger partial charge in [-0.2, -0.15) is 0 Å². The molecule has 0 radical (unpaired) electrons. The second-order valence-electron chi connectivity index (χ2n) is 7.22. The van der Waals surface area contributed by atoms with Gasteiger partial charge in [-0.05, 0) is 32.9 Å². The third-order valence-electron chi connectivity index (χ3n) is 3.68. The zero-order chi connectivity index (χ0) is 20.0. The van der Waals surface area contributed by atoms with Gasteiger partial charge in [-0.25, -0.2) is 9.78 Å². The van der Waals surface area contributed by atoms with E-state index in [2.05, 4.69) is 4.98 Å². The Labute approximate surface area is 163 Å². The Hall–Kier alpha value is -2.19. The van der Waals surface area contributed by atoms with Crippen LogP contribution < -0.4 is 0 Å². The quantitative estimate of drug-likeness (QED) is 0.723. The van der Waals surface area contributed by atoms with Gasteiger partial charge in [-0.3, -0.25) is 9.69 Å². The number of benzene rings is 1. The van der Waals surface area contributed by atoms with Gasteiger partial charge in [0.15, 0.2) is 0 Å². The first kappa shape index (κ1) is 21.1. The monoisotopic (exact) mass is 393 g/mol. The standard InChI is InChI=1S/C19H27N3O4S/c1-19(2,3)26-18(24)22(10-11-25-5)13-17(23)21(4)12-16-20-14-8-6-7-9-15(14)27-16/h6-9H,10-13H2,1-5H3. The molecule has 0 bridgehead atoms. The SMILES string of the molecule is COCCN(CC(=O)N(C)Cc1nc2ccccc2s1)C(=O)OC(C)(C)C. The van der Waals surface area contributed by atoms with Gasteiger partial charge in [0, 0.05) is 20.7 Å². The van der Waals surface area contributed by atoms with Crippen LogP contribution in [-0.4, -0.2) is 66.2 Å². The molecule has 7 nitrogen and oxygen atoms in total. The number of carbonyl (C=O) groups is 2. The van der Waals surface area contributed by atoms with Crippen molar-refractivity contribution in [3.05, 3.63) is 29.3 Å². The molecule has 2 rings (SSSR count). The average Bonchev–Trinajstić information content (AvgIpc) is 2.98. The van der Waals surface area contributed by atoms with E-state index in [1.165, 1.54) is 4.90 Å². The van der Waals surface area contributed by atoms with Crippen LogP contribution in [0.1, 0.15) is 25.8 Å². The highest BCUT2D eigenvalue weighted by atomic mass is 32.1. The van der Waals surface area contributed by atoms with Crippen LogP contribution in [0.25, 0.3) is 10.2 Å². The topological polar surface area (TPSA) is 72.0 Å². The first-order valence-corrected chi connectivity index (χ1v) is 9.56. The first-order chi connectivity index (χ1) is 12.7. The van der Waals surface area contributed by atoms with Crippen LogP contribution in [-0.2, 0) is 20.8 Å². The molecule has 0 saturated heterocycles. The number of likely N-dealkylation sites (N-methyl/N-ethyl adjacent to an activating group) is 1. The molecule has 0 fully saturated rings. The zero-order valence-corrected chi connectivity index (χ0v) is 17.3. The summed E-state index contributed by atoms with van der Waals surface area (Å²) >= 11 is 1.56. The van der Waals surface area contributed by atoms with Crippen molar-refractivity contribution in [1.29, 1.82) is 0 Å². The van der Waals surface area contributed by atoms with Gasteiger partial charge < -0.3 is 14.4 Å². The number of thiazole rings is 1. The summed E-state index contributed by atoms with van der Waals surface area (Å²) in [6.07, 6.45) is -0.527. The van der Waals surface area contributed by atoms with E-state index in [0.29, 0.717) is 13.2 Å². The molecule has 0 aliphatic rings.